The summed E-state index contributed by atoms with van der Waals surface area (Å²) in [6, 6.07) is 19.5. The van der Waals surface area contributed by atoms with E-state index in [0.717, 1.165) is 35.3 Å². The lowest BCUT2D eigenvalue weighted by Crippen LogP contribution is -2.30. The molecule has 0 aliphatic heterocycles. The Labute approximate surface area is 181 Å². The number of nitrogens with zero attached hydrogens (tertiary/aromatic N) is 1. The fourth-order valence-electron chi connectivity index (χ4n) is 4.17. The minimum absolute atomic E-state index is 0.0189. The molecule has 0 saturated carbocycles. The molecule has 0 fully saturated rings. The van der Waals surface area contributed by atoms with Crippen LogP contribution in [-0.2, 0) is 17.6 Å². The molecule has 160 valence electrons. The number of hydrogen-bond donors (Lipinski definition) is 2. The van der Waals surface area contributed by atoms with E-state index in [2.05, 4.69) is 29.6 Å². The van der Waals surface area contributed by atoms with Crippen LogP contribution in [0.15, 0.2) is 66.9 Å². The summed E-state index contributed by atoms with van der Waals surface area (Å²) in [5.41, 5.74) is 4.68. The summed E-state index contributed by atoms with van der Waals surface area (Å²) in [6.07, 6.45) is 3.85. The number of benzene rings is 2. The summed E-state index contributed by atoms with van der Waals surface area (Å²) in [4.78, 5) is 11.4. The van der Waals surface area contributed by atoms with Gasteiger partial charge in [0.2, 0.25) is 0 Å². The van der Waals surface area contributed by atoms with Crippen molar-refractivity contribution < 1.29 is 19.4 Å². The number of nitrogens with one attached hydrogen (secondary N) is 1. The zero-order valence-corrected chi connectivity index (χ0v) is 17.3. The largest absolute Gasteiger partial charge is 0.711 e. The van der Waals surface area contributed by atoms with Crippen LogP contribution in [0.25, 0.3) is 0 Å². The zero-order valence-electron chi connectivity index (χ0n) is 17.3. The van der Waals surface area contributed by atoms with E-state index >= 15 is 0 Å². The average molecular weight is 418 g/mol. The SMILES string of the molecule is O=C(O)CC1Cc2ccc(OCCCNc3cccc[n+]3[O-])cc2Cc2ccccc21. The molecule has 0 amide bonds. The number of fused-ring (bicyclic) bond motifs is 2. The lowest BCUT2D eigenvalue weighted by molar-refractivity contribution is -0.590. The minimum Gasteiger partial charge on any atom is -0.711 e. The van der Waals surface area contributed by atoms with E-state index in [1.807, 2.05) is 24.3 Å². The summed E-state index contributed by atoms with van der Waals surface area (Å²) in [6.45, 7) is 1.18. The number of aromatic nitrogens is 1. The fourth-order valence-corrected chi connectivity index (χ4v) is 4.17. The third-order valence-corrected chi connectivity index (χ3v) is 5.66. The Morgan fingerprint density at radius 2 is 1.94 bits per heavy atom. The highest BCUT2D eigenvalue weighted by atomic mass is 16.5. The van der Waals surface area contributed by atoms with E-state index in [9.17, 15) is 15.1 Å². The maximum absolute atomic E-state index is 11.6. The standard InChI is InChI=1S/C25H26N2O4/c28-25(29)17-21-14-18-9-10-22(16-20(18)15-19-6-1-2-7-23(19)21)31-13-5-11-26-24-8-3-4-12-27(24)30/h1-4,6-10,12,16,21,26H,5,11,13-15,17H2,(H,28,29). The number of carbonyl (C=O) groups is 1. The first kappa shape index (κ1) is 20.7. The van der Waals surface area contributed by atoms with Gasteiger partial charge in [-0.2, -0.15) is 0 Å². The third-order valence-electron chi connectivity index (χ3n) is 5.66. The van der Waals surface area contributed by atoms with Crippen molar-refractivity contribution in [3.8, 4) is 5.75 Å². The van der Waals surface area contributed by atoms with Gasteiger partial charge in [0.1, 0.15) is 5.75 Å². The zero-order chi connectivity index (χ0) is 21.6. The predicted octanol–water partition coefficient (Wildman–Crippen LogP) is 3.91. The average Bonchev–Trinajstić information content (AvgIpc) is 2.90. The smallest absolute Gasteiger partial charge is 0.303 e. The second-order valence-corrected chi connectivity index (χ2v) is 7.85. The van der Waals surface area contributed by atoms with Gasteiger partial charge in [-0.05, 0) is 59.2 Å². The van der Waals surface area contributed by atoms with E-state index in [1.165, 1.54) is 22.9 Å². The molecule has 0 bridgehead atoms. The molecule has 3 aromatic rings. The molecule has 1 unspecified atom stereocenters. The van der Waals surface area contributed by atoms with Crippen molar-refractivity contribution in [1.82, 2.24) is 0 Å². The first-order valence-electron chi connectivity index (χ1n) is 10.6. The van der Waals surface area contributed by atoms with Gasteiger partial charge in [0.05, 0.1) is 25.8 Å². The minimum atomic E-state index is -0.769. The van der Waals surface area contributed by atoms with Gasteiger partial charge in [-0.3, -0.25) is 10.1 Å². The molecule has 31 heavy (non-hydrogen) atoms. The van der Waals surface area contributed by atoms with Crippen molar-refractivity contribution in [1.29, 1.82) is 0 Å². The summed E-state index contributed by atoms with van der Waals surface area (Å²) in [7, 11) is 0. The molecular formula is C25H26N2O4. The fraction of sp³-hybridized carbons (Fsp3) is 0.280. The molecule has 0 radical (unpaired) electrons. The number of aliphatic carboxylic acids is 1. The van der Waals surface area contributed by atoms with Crippen LogP contribution in [0, 0.1) is 5.21 Å². The lowest BCUT2D eigenvalue weighted by atomic mass is 9.89. The topological polar surface area (TPSA) is 85.5 Å². The Bertz CT molecular complexity index is 1070. The van der Waals surface area contributed by atoms with Gasteiger partial charge in [-0.25, -0.2) is 4.73 Å². The first-order chi connectivity index (χ1) is 15.1. The van der Waals surface area contributed by atoms with Crippen LogP contribution in [0.2, 0.25) is 0 Å². The molecule has 1 aliphatic rings. The third kappa shape index (κ3) is 5.15. The molecular weight excluding hydrogens is 392 g/mol. The van der Waals surface area contributed by atoms with Gasteiger partial charge >= 0.3 is 5.97 Å². The molecule has 1 heterocycles. The van der Waals surface area contributed by atoms with Gasteiger partial charge in [-0.15, -0.1) is 0 Å². The second-order valence-electron chi connectivity index (χ2n) is 7.85. The number of ether oxygens (including phenoxy) is 1. The Morgan fingerprint density at radius 1 is 1.10 bits per heavy atom. The Balaban J connectivity index is 1.39. The monoisotopic (exact) mass is 418 g/mol. The van der Waals surface area contributed by atoms with Gasteiger partial charge in [0.15, 0.2) is 0 Å². The summed E-state index contributed by atoms with van der Waals surface area (Å²) < 4.78 is 6.75. The van der Waals surface area contributed by atoms with E-state index in [-0.39, 0.29) is 12.3 Å². The normalized spacial score (nSPS) is 14.8. The van der Waals surface area contributed by atoms with Gasteiger partial charge in [0, 0.05) is 12.5 Å². The number of carboxylic acids is 1. The molecule has 1 atom stereocenters. The highest BCUT2D eigenvalue weighted by Crippen LogP contribution is 2.35. The molecule has 6 heteroatoms. The maximum atomic E-state index is 11.6. The van der Waals surface area contributed by atoms with Gasteiger partial charge in [0.25, 0.3) is 5.82 Å². The Kier molecular flexibility index (Phi) is 6.36. The number of anilines is 1. The number of rotatable bonds is 8. The molecule has 6 nitrogen and oxygen atoms in total. The lowest BCUT2D eigenvalue weighted by Gasteiger charge is -2.16. The molecule has 0 saturated heterocycles. The van der Waals surface area contributed by atoms with Crippen LogP contribution in [0.3, 0.4) is 0 Å². The quantitative estimate of drug-likeness (QED) is 0.329. The summed E-state index contributed by atoms with van der Waals surface area (Å²) in [5, 5.41) is 24.1. The van der Waals surface area contributed by atoms with Crippen molar-refractivity contribution in [2.24, 2.45) is 0 Å². The van der Waals surface area contributed by atoms with E-state index in [4.69, 9.17) is 4.74 Å². The van der Waals surface area contributed by atoms with Crippen molar-refractivity contribution in [3.63, 3.8) is 0 Å². The van der Waals surface area contributed by atoms with Crippen LogP contribution in [0.1, 0.15) is 41.0 Å². The summed E-state index contributed by atoms with van der Waals surface area (Å²) in [5.74, 6) is 0.554. The van der Waals surface area contributed by atoms with Crippen LogP contribution in [-0.4, -0.2) is 24.2 Å². The van der Waals surface area contributed by atoms with Crippen LogP contribution < -0.4 is 14.8 Å². The first-order valence-corrected chi connectivity index (χ1v) is 10.6. The Morgan fingerprint density at radius 3 is 2.77 bits per heavy atom. The van der Waals surface area contributed by atoms with Crippen molar-refractivity contribution in [3.05, 3.63) is 94.3 Å². The van der Waals surface area contributed by atoms with Crippen molar-refractivity contribution in [2.75, 3.05) is 18.5 Å². The van der Waals surface area contributed by atoms with Crippen molar-refractivity contribution >= 4 is 11.8 Å². The molecule has 0 spiro atoms. The van der Waals surface area contributed by atoms with Crippen LogP contribution >= 0.6 is 0 Å². The Hall–Kier alpha value is -3.54. The van der Waals surface area contributed by atoms with E-state index in [0.29, 0.717) is 19.0 Å². The molecule has 4 rings (SSSR count). The van der Waals surface area contributed by atoms with E-state index < -0.39 is 5.97 Å². The summed E-state index contributed by atoms with van der Waals surface area (Å²) >= 11 is 0. The molecule has 1 aliphatic carbocycles. The second kappa shape index (κ2) is 9.51. The van der Waals surface area contributed by atoms with Crippen molar-refractivity contribution in [2.45, 2.75) is 31.6 Å². The maximum Gasteiger partial charge on any atom is 0.303 e. The highest BCUT2D eigenvalue weighted by molar-refractivity contribution is 5.68. The predicted molar refractivity (Wildman–Crippen MR) is 118 cm³/mol. The number of carboxylic acid groups (broad SMARTS) is 1. The number of pyridine rings is 1. The number of hydrogen-bond acceptors (Lipinski definition) is 4. The molecule has 2 aromatic carbocycles. The molecule has 1 aromatic heterocycles. The van der Waals surface area contributed by atoms with Crippen LogP contribution in [0.5, 0.6) is 5.75 Å². The molecule has 2 N–H and O–H groups in total. The van der Waals surface area contributed by atoms with Gasteiger partial charge < -0.3 is 15.1 Å². The van der Waals surface area contributed by atoms with E-state index in [1.54, 1.807) is 12.1 Å². The van der Waals surface area contributed by atoms with Crippen LogP contribution in [0.4, 0.5) is 5.82 Å². The van der Waals surface area contributed by atoms with Gasteiger partial charge in [-0.1, -0.05) is 36.4 Å². The highest BCUT2D eigenvalue weighted by Gasteiger charge is 2.24.